The topological polar surface area (TPSA) is 58.9 Å². The minimum absolute atomic E-state index is 0.360. The maximum Gasteiger partial charge on any atom is 0.129 e. The molecule has 0 fully saturated rings. The number of aliphatic hydroxyl groups is 2. The molecule has 0 saturated carbocycles. The first-order valence-electron chi connectivity index (χ1n) is 4.34. The van der Waals surface area contributed by atoms with Gasteiger partial charge in [-0.1, -0.05) is 15.9 Å². The van der Waals surface area contributed by atoms with Crippen molar-refractivity contribution >= 4 is 15.9 Å². The Bertz CT molecular complexity index is 340. The lowest BCUT2D eigenvalue weighted by Gasteiger charge is -2.15. The molecule has 1 atom stereocenters. The minimum Gasteiger partial charge on any atom is -0.497 e. The van der Waals surface area contributed by atoms with E-state index in [0.29, 0.717) is 21.5 Å². The number of rotatable bonds is 4. The van der Waals surface area contributed by atoms with Gasteiger partial charge in [0.1, 0.15) is 17.6 Å². The van der Waals surface area contributed by atoms with Gasteiger partial charge in [0.15, 0.2) is 0 Å². The third kappa shape index (κ3) is 2.62. The first-order chi connectivity index (χ1) is 7.13. The van der Waals surface area contributed by atoms with Gasteiger partial charge in [-0.25, -0.2) is 0 Å². The Balaban J connectivity index is 3.24. The van der Waals surface area contributed by atoms with Gasteiger partial charge in [-0.2, -0.15) is 0 Å². The van der Waals surface area contributed by atoms with E-state index in [4.69, 9.17) is 14.6 Å². The molecule has 5 heteroatoms. The van der Waals surface area contributed by atoms with Crippen LogP contribution in [0, 0.1) is 0 Å². The molecule has 4 nitrogen and oxygen atoms in total. The second-order valence-electron chi connectivity index (χ2n) is 2.92. The number of benzene rings is 1. The second-order valence-corrected chi connectivity index (χ2v) is 3.78. The second kappa shape index (κ2) is 5.34. The fourth-order valence-electron chi connectivity index (χ4n) is 1.27. The van der Waals surface area contributed by atoms with Gasteiger partial charge in [-0.3, -0.25) is 0 Å². The molecule has 0 aliphatic rings. The van der Waals surface area contributed by atoms with Crippen molar-refractivity contribution in [3.63, 3.8) is 0 Å². The highest BCUT2D eigenvalue weighted by atomic mass is 79.9. The number of hydrogen-bond acceptors (Lipinski definition) is 4. The molecule has 0 radical (unpaired) electrons. The highest BCUT2D eigenvalue weighted by molar-refractivity contribution is 9.10. The minimum atomic E-state index is -0.972. The van der Waals surface area contributed by atoms with Gasteiger partial charge in [-0.15, -0.1) is 0 Å². The van der Waals surface area contributed by atoms with Crippen LogP contribution in [-0.4, -0.2) is 31.0 Å². The van der Waals surface area contributed by atoms with Gasteiger partial charge in [0.2, 0.25) is 0 Å². The summed E-state index contributed by atoms with van der Waals surface area (Å²) in [7, 11) is 3.04. The van der Waals surface area contributed by atoms with Gasteiger partial charge < -0.3 is 19.7 Å². The third-order valence-electron chi connectivity index (χ3n) is 2.03. The van der Waals surface area contributed by atoms with Crippen LogP contribution in [0.4, 0.5) is 0 Å². The van der Waals surface area contributed by atoms with Crippen LogP contribution in [0.3, 0.4) is 0 Å². The van der Waals surface area contributed by atoms with Crippen LogP contribution < -0.4 is 9.47 Å². The standard InChI is InChI=1S/C10H13BrO4/c1-14-6-3-7(11)10(8(13)5-12)9(4-6)15-2/h3-4,8,12-13H,5H2,1-2H3. The van der Waals surface area contributed by atoms with E-state index in [1.807, 2.05) is 0 Å². The van der Waals surface area contributed by atoms with Crippen molar-refractivity contribution in [3.05, 3.63) is 22.2 Å². The Morgan fingerprint density at radius 1 is 1.33 bits per heavy atom. The zero-order valence-corrected chi connectivity index (χ0v) is 10.1. The molecule has 0 aliphatic carbocycles. The molecule has 1 rings (SSSR count). The SMILES string of the molecule is COc1cc(Br)c(C(O)CO)c(OC)c1. The van der Waals surface area contributed by atoms with Gasteiger partial charge in [0, 0.05) is 16.1 Å². The lowest BCUT2D eigenvalue weighted by atomic mass is 10.1. The summed E-state index contributed by atoms with van der Waals surface area (Å²) in [5.74, 6) is 1.09. The van der Waals surface area contributed by atoms with Crippen LogP contribution in [0.15, 0.2) is 16.6 Å². The lowest BCUT2D eigenvalue weighted by molar-refractivity contribution is 0.0927. The molecule has 1 unspecified atom stereocenters. The van der Waals surface area contributed by atoms with Crippen molar-refractivity contribution in [3.8, 4) is 11.5 Å². The normalized spacial score (nSPS) is 12.3. The van der Waals surface area contributed by atoms with Crippen LogP contribution in [0.5, 0.6) is 11.5 Å². The van der Waals surface area contributed by atoms with Crippen LogP contribution in [0.25, 0.3) is 0 Å². The van der Waals surface area contributed by atoms with E-state index < -0.39 is 6.10 Å². The van der Waals surface area contributed by atoms with Crippen LogP contribution in [0.1, 0.15) is 11.7 Å². The molecule has 0 aliphatic heterocycles. The molecule has 1 aromatic carbocycles. The molecular weight excluding hydrogens is 264 g/mol. The maximum atomic E-state index is 9.58. The number of aliphatic hydroxyl groups excluding tert-OH is 2. The van der Waals surface area contributed by atoms with Crippen molar-refractivity contribution in [2.45, 2.75) is 6.10 Å². The average molecular weight is 277 g/mol. The molecule has 0 bridgehead atoms. The van der Waals surface area contributed by atoms with E-state index in [-0.39, 0.29) is 6.61 Å². The Labute approximate surface area is 96.6 Å². The molecule has 0 saturated heterocycles. The van der Waals surface area contributed by atoms with E-state index in [1.54, 1.807) is 19.2 Å². The van der Waals surface area contributed by atoms with Crippen molar-refractivity contribution in [1.82, 2.24) is 0 Å². The van der Waals surface area contributed by atoms with E-state index in [9.17, 15) is 5.11 Å². The van der Waals surface area contributed by atoms with Crippen LogP contribution >= 0.6 is 15.9 Å². The highest BCUT2D eigenvalue weighted by Gasteiger charge is 2.17. The van der Waals surface area contributed by atoms with Gasteiger partial charge in [0.05, 0.1) is 20.8 Å². The molecule has 84 valence electrons. The fraction of sp³-hybridized carbons (Fsp3) is 0.400. The summed E-state index contributed by atoms with van der Waals surface area (Å²) in [4.78, 5) is 0. The number of hydrogen-bond donors (Lipinski definition) is 2. The van der Waals surface area contributed by atoms with E-state index in [1.165, 1.54) is 7.11 Å². The third-order valence-corrected chi connectivity index (χ3v) is 2.68. The molecular formula is C10H13BrO4. The van der Waals surface area contributed by atoms with Crippen LogP contribution in [-0.2, 0) is 0 Å². The lowest BCUT2D eigenvalue weighted by Crippen LogP contribution is -2.06. The zero-order valence-electron chi connectivity index (χ0n) is 8.53. The van der Waals surface area contributed by atoms with E-state index in [0.717, 1.165) is 0 Å². The van der Waals surface area contributed by atoms with Gasteiger partial charge in [-0.05, 0) is 6.07 Å². The predicted octanol–water partition coefficient (Wildman–Crippen LogP) is 1.49. The van der Waals surface area contributed by atoms with Gasteiger partial charge in [0.25, 0.3) is 0 Å². The highest BCUT2D eigenvalue weighted by Crippen LogP contribution is 2.36. The molecule has 0 heterocycles. The molecule has 2 N–H and O–H groups in total. The zero-order chi connectivity index (χ0) is 11.4. The fourth-order valence-corrected chi connectivity index (χ4v) is 1.96. The summed E-state index contributed by atoms with van der Waals surface area (Å²) in [6, 6.07) is 3.36. The average Bonchev–Trinajstić information content (AvgIpc) is 2.26. The van der Waals surface area contributed by atoms with Crippen molar-refractivity contribution < 1.29 is 19.7 Å². The molecule has 1 aromatic rings. The maximum absolute atomic E-state index is 9.58. The van der Waals surface area contributed by atoms with E-state index >= 15 is 0 Å². The molecule has 15 heavy (non-hydrogen) atoms. The van der Waals surface area contributed by atoms with Crippen molar-refractivity contribution in [2.75, 3.05) is 20.8 Å². The van der Waals surface area contributed by atoms with Gasteiger partial charge >= 0.3 is 0 Å². The Morgan fingerprint density at radius 3 is 2.47 bits per heavy atom. The van der Waals surface area contributed by atoms with Crippen molar-refractivity contribution in [1.29, 1.82) is 0 Å². The summed E-state index contributed by atoms with van der Waals surface area (Å²) in [5.41, 5.74) is 0.515. The summed E-state index contributed by atoms with van der Waals surface area (Å²) < 4.78 is 10.8. The predicted molar refractivity (Wildman–Crippen MR) is 59.3 cm³/mol. The summed E-state index contributed by atoms with van der Waals surface area (Å²) in [6.45, 7) is -0.360. The first-order valence-corrected chi connectivity index (χ1v) is 5.13. The monoisotopic (exact) mass is 276 g/mol. The Morgan fingerprint density at radius 2 is 2.00 bits per heavy atom. The van der Waals surface area contributed by atoms with Crippen LogP contribution in [0.2, 0.25) is 0 Å². The first kappa shape index (κ1) is 12.3. The smallest absolute Gasteiger partial charge is 0.129 e. The van der Waals surface area contributed by atoms with Crippen molar-refractivity contribution in [2.24, 2.45) is 0 Å². The number of methoxy groups -OCH3 is 2. The Kier molecular flexibility index (Phi) is 4.38. The Hall–Kier alpha value is -0.780. The molecule has 0 spiro atoms. The number of halogens is 1. The number of ether oxygens (including phenoxy) is 2. The summed E-state index contributed by atoms with van der Waals surface area (Å²) in [5, 5.41) is 18.5. The quantitative estimate of drug-likeness (QED) is 0.875. The summed E-state index contributed by atoms with van der Waals surface area (Å²) in [6.07, 6.45) is -0.972. The summed E-state index contributed by atoms with van der Waals surface area (Å²) >= 11 is 3.29. The molecule has 0 amide bonds. The molecule has 0 aromatic heterocycles. The largest absolute Gasteiger partial charge is 0.497 e. The van der Waals surface area contributed by atoms with E-state index in [2.05, 4.69) is 15.9 Å².